The number of carboxylic acids is 1. The summed E-state index contributed by atoms with van der Waals surface area (Å²) in [6.45, 7) is 3.25. The average Bonchev–Trinajstić information content (AvgIpc) is 2.44. The molecule has 0 amide bonds. The van der Waals surface area contributed by atoms with E-state index in [0.717, 1.165) is 23.6 Å². The first-order valence-corrected chi connectivity index (χ1v) is 7.02. The van der Waals surface area contributed by atoms with Gasteiger partial charge in [0.2, 0.25) is 0 Å². The van der Waals surface area contributed by atoms with Crippen LogP contribution in [-0.2, 0) is 11.3 Å². The molecule has 0 saturated carbocycles. The van der Waals surface area contributed by atoms with Crippen molar-refractivity contribution in [3.05, 3.63) is 23.8 Å². The van der Waals surface area contributed by atoms with Crippen LogP contribution in [0.2, 0.25) is 0 Å². The van der Waals surface area contributed by atoms with Gasteiger partial charge in [-0.25, -0.2) is 0 Å². The Labute approximate surface area is 124 Å². The predicted molar refractivity (Wildman–Crippen MR) is 78.9 cm³/mol. The summed E-state index contributed by atoms with van der Waals surface area (Å²) < 4.78 is 11.0. The Kier molecular flexibility index (Phi) is 5.41. The number of carboxylic acid groups (broad SMARTS) is 1. The van der Waals surface area contributed by atoms with Crippen molar-refractivity contribution in [1.82, 2.24) is 9.80 Å². The Bertz CT molecular complexity index is 491. The molecule has 0 unspecified atom stereocenters. The number of benzene rings is 1. The van der Waals surface area contributed by atoms with Crippen molar-refractivity contribution in [2.45, 2.75) is 6.54 Å². The van der Waals surface area contributed by atoms with Gasteiger partial charge < -0.3 is 19.5 Å². The van der Waals surface area contributed by atoms with Crippen LogP contribution in [0.25, 0.3) is 0 Å². The lowest BCUT2D eigenvalue weighted by Crippen LogP contribution is -2.35. The number of fused-ring (bicyclic) bond motifs is 1. The molecular formula is C15H22N2O4. The summed E-state index contributed by atoms with van der Waals surface area (Å²) in [5.74, 6) is 0.677. The number of nitrogens with zero attached hydrogens (tertiary/aromatic N) is 2. The maximum atomic E-state index is 11.0. The van der Waals surface area contributed by atoms with Gasteiger partial charge in [-0.15, -0.1) is 0 Å². The van der Waals surface area contributed by atoms with Crippen molar-refractivity contribution >= 4 is 5.97 Å². The van der Waals surface area contributed by atoms with Gasteiger partial charge in [-0.05, 0) is 31.8 Å². The molecule has 1 aromatic carbocycles. The van der Waals surface area contributed by atoms with Gasteiger partial charge in [0.25, 0.3) is 0 Å². The van der Waals surface area contributed by atoms with Gasteiger partial charge in [0.1, 0.15) is 13.2 Å². The number of aliphatic carboxylic acids is 1. The van der Waals surface area contributed by atoms with Crippen molar-refractivity contribution < 1.29 is 19.4 Å². The highest BCUT2D eigenvalue weighted by atomic mass is 16.6. The molecule has 0 aliphatic carbocycles. The van der Waals surface area contributed by atoms with Crippen LogP contribution in [0, 0.1) is 0 Å². The van der Waals surface area contributed by atoms with E-state index in [9.17, 15) is 4.79 Å². The van der Waals surface area contributed by atoms with E-state index in [1.807, 2.05) is 42.1 Å². The van der Waals surface area contributed by atoms with Crippen molar-refractivity contribution in [3.63, 3.8) is 0 Å². The van der Waals surface area contributed by atoms with Crippen LogP contribution in [0.5, 0.6) is 11.5 Å². The van der Waals surface area contributed by atoms with Crippen LogP contribution in [-0.4, -0.2) is 67.8 Å². The minimum atomic E-state index is -0.814. The minimum absolute atomic E-state index is 0.0300. The van der Waals surface area contributed by atoms with Crippen molar-refractivity contribution in [2.24, 2.45) is 0 Å². The largest absolute Gasteiger partial charge is 0.486 e. The molecule has 0 saturated heterocycles. The molecule has 0 spiro atoms. The number of hydrogen-bond donors (Lipinski definition) is 1. The number of likely N-dealkylation sites (N-methyl/N-ethyl adjacent to an activating group) is 1. The van der Waals surface area contributed by atoms with Crippen molar-refractivity contribution in [1.29, 1.82) is 0 Å². The van der Waals surface area contributed by atoms with Gasteiger partial charge in [-0.1, -0.05) is 6.07 Å². The number of rotatable bonds is 7. The Balaban J connectivity index is 2.02. The van der Waals surface area contributed by atoms with Gasteiger partial charge in [0, 0.05) is 19.6 Å². The van der Waals surface area contributed by atoms with E-state index < -0.39 is 5.97 Å². The lowest BCUT2D eigenvalue weighted by Gasteiger charge is -2.24. The molecule has 0 radical (unpaired) electrons. The molecule has 0 fully saturated rings. The normalized spacial score (nSPS) is 13.7. The minimum Gasteiger partial charge on any atom is -0.486 e. The summed E-state index contributed by atoms with van der Waals surface area (Å²) in [6, 6.07) is 5.77. The first-order chi connectivity index (χ1) is 10.0. The summed E-state index contributed by atoms with van der Waals surface area (Å²) in [4.78, 5) is 14.9. The zero-order valence-corrected chi connectivity index (χ0v) is 12.5. The second kappa shape index (κ2) is 7.28. The molecule has 6 heteroatoms. The molecule has 21 heavy (non-hydrogen) atoms. The van der Waals surface area contributed by atoms with Crippen molar-refractivity contribution in [3.8, 4) is 11.5 Å². The third-order valence-electron chi connectivity index (χ3n) is 3.24. The van der Waals surface area contributed by atoms with Crippen molar-refractivity contribution in [2.75, 3.05) is 46.9 Å². The van der Waals surface area contributed by atoms with Crippen LogP contribution in [0.1, 0.15) is 5.56 Å². The summed E-state index contributed by atoms with van der Waals surface area (Å²) in [7, 11) is 3.95. The van der Waals surface area contributed by atoms with E-state index >= 15 is 0 Å². The van der Waals surface area contributed by atoms with E-state index in [0.29, 0.717) is 26.3 Å². The third kappa shape index (κ3) is 4.91. The molecule has 116 valence electrons. The van der Waals surface area contributed by atoms with Gasteiger partial charge in [0.05, 0.1) is 6.54 Å². The summed E-state index contributed by atoms with van der Waals surface area (Å²) in [6.07, 6.45) is 0. The standard InChI is InChI=1S/C15H22N2O4/c1-16(2)5-6-17(11-15(18)19)10-12-3-4-13-14(9-12)21-8-7-20-13/h3-4,9H,5-8,10-11H2,1-2H3,(H,18,19). The molecule has 1 N–H and O–H groups in total. The molecule has 1 aliphatic heterocycles. The summed E-state index contributed by atoms with van der Waals surface area (Å²) in [5.41, 5.74) is 1.03. The highest BCUT2D eigenvalue weighted by Gasteiger charge is 2.15. The van der Waals surface area contributed by atoms with Crippen LogP contribution >= 0.6 is 0 Å². The highest BCUT2D eigenvalue weighted by molar-refractivity contribution is 5.69. The second-order valence-electron chi connectivity index (χ2n) is 5.39. The lowest BCUT2D eigenvalue weighted by atomic mass is 10.1. The van der Waals surface area contributed by atoms with Crippen LogP contribution in [0.3, 0.4) is 0 Å². The fourth-order valence-electron chi connectivity index (χ4n) is 2.19. The van der Waals surface area contributed by atoms with E-state index in [1.54, 1.807) is 0 Å². The molecule has 6 nitrogen and oxygen atoms in total. The van der Waals surface area contributed by atoms with E-state index in [-0.39, 0.29) is 6.54 Å². The van der Waals surface area contributed by atoms with E-state index in [2.05, 4.69) is 0 Å². The second-order valence-corrected chi connectivity index (χ2v) is 5.39. The lowest BCUT2D eigenvalue weighted by molar-refractivity contribution is -0.138. The fourth-order valence-corrected chi connectivity index (χ4v) is 2.19. The summed E-state index contributed by atoms with van der Waals surface area (Å²) >= 11 is 0. The molecule has 0 bridgehead atoms. The van der Waals surface area contributed by atoms with Gasteiger partial charge >= 0.3 is 5.97 Å². The molecule has 2 rings (SSSR count). The van der Waals surface area contributed by atoms with E-state index in [1.165, 1.54) is 0 Å². The zero-order chi connectivity index (χ0) is 15.2. The first-order valence-electron chi connectivity index (χ1n) is 7.02. The van der Waals surface area contributed by atoms with Crippen LogP contribution in [0.4, 0.5) is 0 Å². The average molecular weight is 294 g/mol. The molecule has 1 heterocycles. The molecule has 0 aromatic heterocycles. The van der Waals surface area contributed by atoms with Gasteiger partial charge in [-0.2, -0.15) is 0 Å². The Morgan fingerprint density at radius 3 is 2.57 bits per heavy atom. The fraction of sp³-hybridized carbons (Fsp3) is 0.533. The maximum absolute atomic E-state index is 11.0. The Hall–Kier alpha value is -1.79. The Morgan fingerprint density at radius 2 is 1.90 bits per heavy atom. The predicted octanol–water partition coefficient (Wildman–Crippen LogP) is 0.906. The summed E-state index contributed by atoms with van der Waals surface area (Å²) in [5, 5.41) is 9.02. The SMILES string of the molecule is CN(C)CCN(CC(=O)O)Cc1ccc2c(c1)OCCO2. The molecular weight excluding hydrogens is 272 g/mol. The molecule has 1 aliphatic rings. The van der Waals surface area contributed by atoms with Gasteiger partial charge in [-0.3, -0.25) is 9.69 Å². The monoisotopic (exact) mass is 294 g/mol. The molecule has 1 aromatic rings. The quantitative estimate of drug-likeness (QED) is 0.806. The number of ether oxygens (including phenoxy) is 2. The third-order valence-corrected chi connectivity index (χ3v) is 3.24. The zero-order valence-electron chi connectivity index (χ0n) is 12.5. The Morgan fingerprint density at radius 1 is 1.19 bits per heavy atom. The number of carbonyl (C=O) groups is 1. The maximum Gasteiger partial charge on any atom is 0.317 e. The highest BCUT2D eigenvalue weighted by Crippen LogP contribution is 2.31. The smallest absolute Gasteiger partial charge is 0.317 e. The first kappa shape index (κ1) is 15.6. The van der Waals surface area contributed by atoms with Gasteiger partial charge in [0.15, 0.2) is 11.5 Å². The van der Waals surface area contributed by atoms with Crippen LogP contribution in [0.15, 0.2) is 18.2 Å². The number of hydrogen-bond acceptors (Lipinski definition) is 5. The van der Waals surface area contributed by atoms with E-state index in [4.69, 9.17) is 14.6 Å². The van der Waals surface area contributed by atoms with Crippen LogP contribution < -0.4 is 9.47 Å². The molecule has 0 atom stereocenters. The topological polar surface area (TPSA) is 62.2 Å².